The number of rotatable bonds is 3. The molecule has 0 atom stereocenters. The first-order valence-electron chi connectivity index (χ1n) is 7.56. The van der Waals surface area contributed by atoms with E-state index in [1.54, 1.807) is 4.90 Å². The molecule has 2 aromatic carbocycles. The maximum Gasteiger partial charge on any atom is 0.274 e. The van der Waals surface area contributed by atoms with E-state index in [0.29, 0.717) is 12.2 Å². The fourth-order valence-corrected chi connectivity index (χ4v) is 2.74. The van der Waals surface area contributed by atoms with Gasteiger partial charge in [-0.1, -0.05) is 24.3 Å². The predicted molar refractivity (Wildman–Crippen MR) is 91.6 cm³/mol. The van der Waals surface area contributed by atoms with Gasteiger partial charge in [0.25, 0.3) is 5.91 Å². The fraction of sp³-hybridized carbons (Fsp3) is 0.211. The topological polar surface area (TPSA) is 36.1 Å². The van der Waals surface area contributed by atoms with Crippen molar-refractivity contribution in [3.05, 3.63) is 65.4 Å². The van der Waals surface area contributed by atoms with Gasteiger partial charge in [0, 0.05) is 23.1 Å². The quantitative estimate of drug-likeness (QED) is 0.760. The molecule has 22 heavy (non-hydrogen) atoms. The number of nitrogens with zero attached hydrogens (tertiary/aromatic N) is 1. The standard InChI is InChI=1S/C19H20N2O/c1-4-21(16-7-5-6-13(2)10-16)19(22)18-12-15-9-8-14(3)11-17(15)20-18/h5-12,20H,4H2,1-3H3. The van der Waals surface area contributed by atoms with Gasteiger partial charge in [-0.15, -0.1) is 0 Å². The van der Waals surface area contributed by atoms with Crippen LogP contribution in [0.1, 0.15) is 28.5 Å². The molecule has 1 aromatic heterocycles. The summed E-state index contributed by atoms with van der Waals surface area (Å²) in [5.41, 5.74) is 4.89. The average molecular weight is 292 g/mol. The molecule has 3 rings (SSSR count). The molecule has 0 aliphatic heterocycles. The molecule has 0 aliphatic carbocycles. The zero-order valence-corrected chi connectivity index (χ0v) is 13.2. The molecular weight excluding hydrogens is 272 g/mol. The molecule has 0 unspecified atom stereocenters. The summed E-state index contributed by atoms with van der Waals surface area (Å²) >= 11 is 0. The van der Waals surface area contributed by atoms with Crippen LogP contribution < -0.4 is 4.90 Å². The normalized spacial score (nSPS) is 10.9. The Hall–Kier alpha value is -2.55. The van der Waals surface area contributed by atoms with E-state index in [0.717, 1.165) is 22.2 Å². The molecule has 112 valence electrons. The number of aromatic amines is 1. The Morgan fingerprint density at radius 2 is 1.82 bits per heavy atom. The maximum atomic E-state index is 12.8. The first-order valence-corrected chi connectivity index (χ1v) is 7.56. The van der Waals surface area contributed by atoms with Crippen LogP contribution in [0.2, 0.25) is 0 Å². The molecule has 0 radical (unpaired) electrons. The lowest BCUT2D eigenvalue weighted by molar-refractivity contribution is 0.0984. The minimum absolute atomic E-state index is 0.00181. The molecule has 3 aromatic rings. The molecule has 0 spiro atoms. The van der Waals surface area contributed by atoms with Crippen molar-refractivity contribution in [1.82, 2.24) is 4.98 Å². The molecular formula is C19H20N2O. The fourth-order valence-electron chi connectivity index (χ4n) is 2.74. The second-order valence-corrected chi connectivity index (χ2v) is 5.66. The molecule has 0 saturated carbocycles. The largest absolute Gasteiger partial charge is 0.351 e. The summed E-state index contributed by atoms with van der Waals surface area (Å²) in [6, 6.07) is 16.1. The second kappa shape index (κ2) is 5.68. The van der Waals surface area contributed by atoms with Crippen molar-refractivity contribution in [1.29, 1.82) is 0 Å². The van der Waals surface area contributed by atoms with Crippen molar-refractivity contribution in [2.75, 3.05) is 11.4 Å². The molecule has 0 bridgehead atoms. The number of fused-ring (bicyclic) bond motifs is 1. The molecule has 3 heteroatoms. The molecule has 1 heterocycles. The summed E-state index contributed by atoms with van der Waals surface area (Å²) in [5.74, 6) is 0.00181. The monoisotopic (exact) mass is 292 g/mol. The highest BCUT2D eigenvalue weighted by atomic mass is 16.2. The van der Waals surface area contributed by atoms with E-state index in [9.17, 15) is 4.79 Å². The van der Waals surface area contributed by atoms with E-state index in [4.69, 9.17) is 0 Å². The third-order valence-corrected chi connectivity index (χ3v) is 3.88. The van der Waals surface area contributed by atoms with Gasteiger partial charge < -0.3 is 9.88 Å². The number of amides is 1. The van der Waals surface area contributed by atoms with Gasteiger partial charge in [0.1, 0.15) is 5.69 Å². The van der Waals surface area contributed by atoms with E-state index in [2.05, 4.69) is 17.1 Å². The molecule has 1 amide bonds. The van der Waals surface area contributed by atoms with Gasteiger partial charge in [0.15, 0.2) is 0 Å². The van der Waals surface area contributed by atoms with Crippen LogP contribution in [0.3, 0.4) is 0 Å². The predicted octanol–water partition coefficient (Wildman–Crippen LogP) is 4.45. The van der Waals surface area contributed by atoms with Crippen LogP contribution in [0.15, 0.2) is 48.5 Å². The van der Waals surface area contributed by atoms with Gasteiger partial charge in [-0.25, -0.2) is 0 Å². The molecule has 0 aliphatic rings. The number of hydrogen-bond donors (Lipinski definition) is 1. The van der Waals surface area contributed by atoms with Gasteiger partial charge in [0.05, 0.1) is 0 Å². The third kappa shape index (κ3) is 2.62. The highest BCUT2D eigenvalue weighted by molar-refractivity contribution is 6.07. The zero-order valence-electron chi connectivity index (χ0n) is 13.2. The summed E-state index contributed by atoms with van der Waals surface area (Å²) < 4.78 is 0. The summed E-state index contributed by atoms with van der Waals surface area (Å²) in [5, 5.41) is 1.06. The van der Waals surface area contributed by atoms with Crippen molar-refractivity contribution < 1.29 is 4.79 Å². The number of nitrogens with one attached hydrogen (secondary N) is 1. The van der Waals surface area contributed by atoms with Crippen molar-refractivity contribution in [2.45, 2.75) is 20.8 Å². The number of hydrogen-bond acceptors (Lipinski definition) is 1. The third-order valence-electron chi connectivity index (χ3n) is 3.88. The van der Waals surface area contributed by atoms with E-state index in [-0.39, 0.29) is 5.91 Å². The Morgan fingerprint density at radius 1 is 1.05 bits per heavy atom. The van der Waals surface area contributed by atoms with Gasteiger partial charge in [-0.3, -0.25) is 4.79 Å². The first-order chi connectivity index (χ1) is 10.6. The number of H-pyrrole nitrogens is 1. The van der Waals surface area contributed by atoms with Crippen molar-refractivity contribution in [3.8, 4) is 0 Å². The lowest BCUT2D eigenvalue weighted by atomic mass is 10.2. The van der Waals surface area contributed by atoms with Crippen LogP contribution in [0.4, 0.5) is 5.69 Å². The van der Waals surface area contributed by atoms with Crippen LogP contribution in [0.5, 0.6) is 0 Å². The second-order valence-electron chi connectivity index (χ2n) is 5.66. The number of carbonyl (C=O) groups is 1. The van der Waals surface area contributed by atoms with Crippen LogP contribution in [-0.4, -0.2) is 17.4 Å². The number of aryl methyl sites for hydroxylation is 2. The van der Waals surface area contributed by atoms with E-state index in [1.807, 2.05) is 57.2 Å². The maximum absolute atomic E-state index is 12.8. The lowest BCUT2D eigenvalue weighted by Gasteiger charge is -2.20. The summed E-state index contributed by atoms with van der Waals surface area (Å²) in [6.07, 6.45) is 0. The first kappa shape index (κ1) is 14.4. The SMILES string of the molecule is CCN(C(=O)c1cc2ccc(C)cc2[nH]1)c1cccc(C)c1. The van der Waals surface area contributed by atoms with Crippen molar-refractivity contribution in [2.24, 2.45) is 0 Å². The van der Waals surface area contributed by atoms with E-state index in [1.165, 1.54) is 5.56 Å². The molecule has 3 nitrogen and oxygen atoms in total. The summed E-state index contributed by atoms with van der Waals surface area (Å²) in [7, 11) is 0. The minimum atomic E-state index is 0.00181. The van der Waals surface area contributed by atoms with Crippen LogP contribution in [-0.2, 0) is 0 Å². The van der Waals surface area contributed by atoms with Crippen LogP contribution in [0, 0.1) is 13.8 Å². The summed E-state index contributed by atoms with van der Waals surface area (Å²) in [6.45, 7) is 6.71. The summed E-state index contributed by atoms with van der Waals surface area (Å²) in [4.78, 5) is 17.9. The Balaban J connectivity index is 1.99. The molecule has 1 N–H and O–H groups in total. The molecule has 0 fully saturated rings. The Labute approximate surface area is 130 Å². The van der Waals surface area contributed by atoms with Gasteiger partial charge in [-0.05, 0) is 56.2 Å². The Bertz CT molecular complexity index is 832. The van der Waals surface area contributed by atoms with Crippen molar-refractivity contribution >= 4 is 22.5 Å². The van der Waals surface area contributed by atoms with Crippen LogP contribution >= 0.6 is 0 Å². The minimum Gasteiger partial charge on any atom is -0.351 e. The lowest BCUT2D eigenvalue weighted by Crippen LogP contribution is -2.30. The number of benzene rings is 2. The Kier molecular flexibility index (Phi) is 3.72. The van der Waals surface area contributed by atoms with Gasteiger partial charge >= 0.3 is 0 Å². The zero-order chi connectivity index (χ0) is 15.7. The smallest absolute Gasteiger partial charge is 0.274 e. The number of anilines is 1. The number of aromatic nitrogens is 1. The van der Waals surface area contributed by atoms with Gasteiger partial charge in [0.2, 0.25) is 0 Å². The highest BCUT2D eigenvalue weighted by Crippen LogP contribution is 2.21. The van der Waals surface area contributed by atoms with E-state index < -0.39 is 0 Å². The van der Waals surface area contributed by atoms with E-state index >= 15 is 0 Å². The Morgan fingerprint density at radius 3 is 2.55 bits per heavy atom. The highest BCUT2D eigenvalue weighted by Gasteiger charge is 2.18. The van der Waals surface area contributed by atoms with Crippen molar-refractivity contribution in [3.63, 3.8) is 0 Å². The van der Waals surface area contributed by atoms with Gasteiger partial charge in [-0.2, -0.15) is 0 Å². The number of carbonyl (C=O) groups excluding carboxylic acids is 1. The van der Waals surface area contributed by atoms with Crippen LogP contribution in [0.25, 0.3) is 10.9 Å². The average Bonchev–Trinajstić information content (AvgIpc) is 2.91. The molecule has 0 saturated heterocycles.